The Bertz CT molecular complexity index is 814. The van der Waals surface area contributed by atoms with E-state index in [9.17, 15) is 4.79 Å². The molecular weight excluding hydrogens is 292 g/mol. The first-order chi connectivity index (χ1) is 10.1. The van der Waals surface area contributed by atoms with Gasteiger partial charge in [-0.15, -0.1) is 0 Å². The highest BCUT2D eigenvalue weighted by molar-refractivity contribution is 6.30. The molecule has 2 aromatic heterocycles. The number of carboxylic acid groups (broad SMARTS) is 1. The maximum atomic E-state index is 10.9. The third-order valence-electron chi connectivity index (χ3n) is 3.02. The van der Waals surface area contributed by atoms with Crippen molar-refractivity contribution in [3.63, 3.8) is 0 Å². The van der Waals surface area contributed by atoms with Gasteiger partial charge >= 0.3 is 5.97 Å². The van der Waals surface area contributed by atoms with Gasteiger partial charge in [0, 0.05) is 11.2 Å². The summed E-state index contributed by atoms with van der Waals surface area (Å²) >= 11 is 5.89. The van der Waals surface area contributed by atoms with Crippen LogP contribution in [0.2, 0.25) is 5.02 Å². The van der Waals surface area contributed by atoms with Crippen molar-refractivity contribution in [2.24, 2.45) is 0 Å². The van der Waals surface area contributed by atoms with Gasteiger partial charge in [-0.05, 0) is 30.3 Å². The molecule has 0 fully saturated rings. The molecule has 3 rings (SSSR count). The molecule has 1 aromatic carbocycles. The molecule has 0 atom stereocenters. The molecule has 1 N–H and O–H groups in total. The van der Waals surface area contributed by atoms with Crippen LogP contribution in [0, 0.1) is 0 Å². The van der Waals surface area contributed by atoms with Gasteiger partial charge in [-0.3, -0.25) is 0 Å². The van der Waals surface area contributed by atoms with Crippen molar-refractivity contribution in [1.82, 2.24) is 9.38 Å². The highest BCUT2D eigenvalue weighted by Gasteiger charge is 2.08. The second kappa shape index (κ2) is 5.46. The topological polar surface area (TPSA) is 63.8 Å². The van der Waals surface area contributed by atoms with E-state index in [2.05, 4.69) is 4.98 Å². The van der Waals surface area contributed by atoms with E-state index in [0.29, 0.717) is 23.0 Å². The number of halogens is 1. The lowest BCUT2D eigenvalue weighted by Gasteiger charge is -2.06. The molecule has 0 aliphatic heterocycles. The zero-order valence-corrected chi connectivity index (χ0v) is 11.6. The van der Waals surface area contributed by atoms with E-state index in [1.54, 1.807) is 28.9 Å². The molecule has 3 aromatic rings. The van der Waals surface area contributed by atoms with Crippen molar-refractivity contribution in [1.29, 1.82) is 0 Å². The zero-order valence-electron chi connectivity index (χ0n) is 10.9. The highest BCUT2D eigenvalue weighted by atomic mass is 35.5. The van der Waals surface area contributed by atoms with Crippen LogP contribution >= 0.6 is 11.6 Å². The number of carbonyl (C=O) groups is 1. The Morgan fingerprint density at radius 2 is 2.19 bits per heavy atom. The van der Waals surface area contributed by atoms with E-state index >= 15 is 0 Å². The molecule has 6 heteroatoms. The van der Waals surface area contributed by atoms with Crippen LogP contribution in [0.4, 0.5) is 0 Å². The number of fused-ring (bicyclic) bond motifs is 1. The van der Waals surface area contributed by atoms with Crippen LogP contribution < -0.4 is 4.74 Å². The average Bonchev–Trinajstić information content (AvgIpc) is 2.87. The number of nitrogens with zero attached hydrogens (tertiary/aromatic N) is 2. The minimum absolute atomic E-state index is 0.204. The SMILES string of the molecule is O=C(O)c1ccn2c(COc3cccc(Cl)c3)cnc2c1. The number of aromatic nitrogens is 2. The molecule has 0 aliphatic carbocycles. The number of hydrogen-bond acceptors (Lipinski definition) is 3. The third kappa shape index (κ3) is 2.83. The molecule has 0 saturated heterocycles. The van der Waals surface area contributed by atoms with E-state index < -0.39 is 5.97 Å². The van der Waals surface area contributed by atoms with E-state index in [0.717, 1.165) is 5.69 Å². The minimum atomic E-state index is -0.975. The van der Waals surface area contributed by atoms with Crippen molar-refractivity contribution in [2.45, 2.75) is 6.61 Å². The van der Waals surface area contributed by atoms with E-state index in [4.69, 9.17) is 21.4 Å². The molecule has 0 saturated carbocycles. The summed E-state index contributed by atoms with van der Waals surface area (Å²) < 4.78 is 7.44. The molecule has 0 bridgehead atoms. The van der Waals surface area contributed by atoms with Gasteiger partial charge in [-0.2, -0.15) is 0 Å². The number of rotatable bonds is 4. The lowest BCUT2D eigenvalue weighted by Crippen LogP contribution is -2.01. The first kappa shape index (κ1) is 13.5. The number of aromatic carboxylic acids is 1. The monoisotopic (exact) mass is 302 g/mol. The van der Waals surface area contributed by atoms with Crippen LogP contribution in [0.3, 0.4) is 0 Å². The molecule has 0 unspecified atom stereocenters. The number of carboxylic acids is 1. The molecule has 0 spiro atoms. The van der Waals surface area contributed by atoms with Crippen LogP contribution in [0.15, 0.2) is 48.8 Å². The second-order valence-electron chi connectivity index (χ2n) is 4.44. The molecule has 5 nitrogen and oxygen atoms in total. The maximum absolute atomic E-state index is 10.9. The quantitative estimate of drug-likeness (QED) is 0.803. The van der Waals surface area contributed by atoms with Gasteiger partial charge in [0.1, 0.15) is 18.0 Å². The van der Waals surface area contributed by atoms with Crippen LogP contribution in [0.5, 0.6) is 5.75 Å². The summed E-state index contributed by atoms with van der Waals surface area (Å²) in [6, 6.07) is 10.2. The van der Waals surface area contributed by atoms with E-state index in [-0.39, 0.29) is 5.56 Å². The van der Waals surface area contributed by atoms with Gasteiger partial charge < -0.3 is 14.2 Å². The van der Waals surface area contributed by atoms with Crippen LogP contribution in [0.25, 0.3) is 5.65 Å². The minimum Gasteiger partial charge on any atom is -0.487 e. The second-order valence-corrected chi connectivity index (χ2v) is 4.88. The number of benzene rings is 1. The lowest BCUT2D eigenvalue weighted by atomic mass is 10.3. The van der Waals surface area contributed by atoms with E-state index in [1.165, 1.54) is 12.1 Å². The molecule has 21 heavy (non-hydrogen) atoms. The molecule has 2 heterocycles. The summed E-state index contributed by atoms with van der Waals surface area (Å²) in [4.78, 5) is 15.1. The average molecular weight is 303 g/mol. The Morgan fingerprint density at radius 1 is 1.33 bits per heavy atom. The van der Waals surface area contributed by atoms with Crippen LogP contribution in [-0.2, 0) is 6.61 Å². The van der Waals surface area contributed by atoms with E-state index in [1.807, 2.05) is 12.1 Å². The van der Waals surface area contributed by atoms with Gasteiger partial charge in [0.05, 0.1) is 17.5 Å². The molecule has 0 amide bonds. The van der Waals surface area contributed by atoms with Crippen molar-refractivity contribution < 1.29 is 14.6 Å². The van der Waals surface area contributed by atoms with Gasteiger partial charge in [0.25, 0.3) is 0 Å². The fourth-order valence-electron chi connectivity index (χ4n) is 1.99. The van der Waals surface area contributed by atoms with Crippen LogP contribution in [0.1, 0.15) is 16.1 Å². The fourth-order valence-corrected chi connectivity index (χ4v) is 2.17. The fraction of sp³-hybridized carbons (Fsp3) is 0.0667. The summed E-state index contributed by atoms with van der Waals surface area (Å²) in [5, 5.41) is 9.56. The van der Waals surface area contributed by atoms with Gasteiger partial charge in [0.15, 0.2) is 0 Å². The number of pyridine rings is 1. The maximum Gasteiger partial charge on any atom is 0.335 e. The normalized spacial score (nSPS) is 10.7. The van der Waals surface area contributed by atoms with Crippen LogP contribution in [-0.4, -0.2) is 20.5 Å². The van der Waals surface area contributed by atoms with Crippen molar-refractivity contribution in [3.8, 4) is 5.75 Å². The van der Waals surface area contributed by atoms with Gasteiger partial charge in [-0.1, -0.05) is 17.7 Å². The Kier molecular flexibility index (Phi) is 3.50. The Balaban J connectivity index is 1.83. The van der Waals surface area contributed by atoms with Gasteiger partial charge in [-0.25, -0.2) is 9.78 Å². The highest BCUT2D eigenvalue weighted by Crippen LogP contribution is 2.19. The first-order valence-electron chi connectivity index (χ1n) is 6.21. The predicted molar refractivity (Wildman–Crippen MR) is 77.9 cm³/mol. The number of imidazole rings is 1. The van der Waals surface area contributed by atoms with Crippen molar-refractivity contribution >= 4 is 23.2 Å². The standard InChI is InChI=1S/C15H11ClN2O3/c16-11-2-1-3-13(7-11)21-9-12-8-17-14-6-10(15(19)20)4-5-18(12)14/h1-8H,9H2,(H,19,20). The molecule has 0 aliphatic rings. The summed E-state index contributed by atoms with van der Waals surface area (Å²) in [5.74, 6) is -0.308. The summed E-state index contributed by atoms with van der Waals surface area (Å²) in [5.41, 5.74) is 1.59. The number of hydrogen-bond donors (Lipinski definition) is 1. The smallest absolute Gasteiger partial charge is 0.335 e. The molecule has 0 radical (unpaired) electrons. The first-order valence-corrected chi connectivity index (χ1v) is 6.59. The largest absolute Gasteiger partial charge is 0.487 e. The Morgan fingerprint density at radius 3 is 2.95 bits per heavy atom. The molecule has 106 valence electrons. The number of ether oxygens (including phenoxy) is 1. The van der Waals surface area contributed by atoms with Crippen molar-refractivity contribution in [2.75, 3.05) is 0 Å². The summed E-state index contributed by atoms with van der Waals surface area (Å²) in [6.45, 7) is 0.313. The zero-order chi connectivity index (χ0) is 14.8. The lowest BCUT2D eigenvalue weighted by molar-refractivity contribution is 0.0697. The summed E-state index contributed by atoms with van der Waals surface area (Å²) in [6.07, 6.45) is 3.33. The summed E-state index contributed by atoms with van der Waals surface area (Å²) in [7, 11) is 0. The van der Waals surface area contributed by atoms with Crippen molar-refractivity contribution in [3.05, 3.63) is 65.1 Å². The predicted octanol–water partition coefficient (Wildman–Crippen LogP) is 3.26. The Hall–Kier alpha value is -2.53. The van der Waals surface area contributed by atoms with Gasteiger partial charge in [0.2, 0.25) is 0 Å². The molecular formula is C15H11ClN2O3. The third-order valence-corrected chi connectivity index (χ3v) is 3.25. The Labute approximate surface area is 125 Å².